The van der Waals surface area contributed by atoms with Crippen LogP contribution in [-0.4, -0.2) is 75.5 Å². The first kappa shape index (κ1) is 81.0. The van der Waals surface area contributed by atoms with E-state index in [1.807, 2.05) is 83.1 Å². The van der Waals surface area contributed by atoms with Crippen LogP contribution in [0.4, 0.5) is 0 Å². The van der Waals surface area contributed by atoms with Gasteiger partial charge in [-0.1, -0.05) is 185 Å². The van der Waals surface area contributed by atoms with E-state index < -0.39 is 32.5 Å². The number of rotatable bonds is 46. The van der Waals surface area contributed by atoms with E-state index in [-0.39, 0.29) is 35.8 Å². The first-order valence-electron chi connectivity index (χ1n) is 32.7. The zero-order valence-electron chi connectivity index (χ0n) is 55.9. The topological polar surface area (TPSA) is 158 Å². The Balaban J connectivity index is -0.00000112. The zero-order valence-corrected chi connectivity index (χ0v) is 55.9. The molecule has 0 aliphatic heterocycles. The highest BCUT2D eigenvalue weighted by Crippen LogP contribution is 2.41. The minimum atomic E-state index is -0.711. The van der Waals surface area contributed by atoms with E-state index in [4.69, 9.17) is 28.4 Å². The van der Waals surface area contributed by atoms with Gasteiger partial charge in [0.2, 0.25) is 0 Å². The van der Waals surface area contributed by atoms with Gasteiger partial charge in [0, 0.05) is 0 Å². The third-order valence-electron chi connectivity index (χ3n) is 16.1. The summed E-state index contributed by atoms with van der Waals surface area (Å²) in [5.41, 5.74) is -4.08. The number of esters is 6. The van der Waals surface area contributed by atoms with Crippen molar-refractivity contribution in [3.63, 3.8) is 0 Å². The Morgan fingerprint density at radius 3 is 0.800 bits per heavy atom. The molecule has 0 N–H and O–H groups in total. The lowest BCUT2D eigenvalue weighted by atomic mass is 9.72. The van der Waals surface area contributed by atoms with Gasteiger partial charge in [0.25, 0.3) is 0 Å². The van der Waals surface area contributed by atoms with E-state index >= 15 is 0 Å². The third kappa shape index (κ3) is 36.4. The van der Waals surface area contributed by atoms with Crippen LogP contribution in [0.15, 0.2) is 0 Å². The number of hydrogen-bond acceptors (Lipinski definition) is 12. The summed E-state index contributed by atoms with van der Waals surface area (Å²) in [6.07, 6.45) is 30.2. The van der Waals surface area contributed by atoms with Gasteiger partial charge in [-0.15, -0.1) is 0 Å². The van der Waals surface area contributed by atoms with E-state index in [0.29, 0.717) is 84.1 Å². The van der Waals surface area contributed by atoms with Crippen LogP contribution in [0.25, 0.3) is 0 Å². The molecule has 0 aliphatic carbocycles. The minimum Gasteiger partial charge on any atom is -0.465 e. The van der Waals surface area contributed by atoms with Crippen molar-refractivity contribution < 1.29 is 57.2 Å². The summed E-state index contributed by atoms with van der Waals surface area (Å²) in [5.74, 6) is -0.834. The van der Waals surface area contributed by atoms with Crippen LogP contribution < -0.4 is 0 Å². The van der Waals surface area contributed by atoms with Crippen molar-refractivity contribution in [2.75, 3.05) is 39.6 Å². The highest BCUT2D eigenvalue weighted by molar-refractivity contribution is 5.82. The molecular formula is C68H130O12. The first-order chi connectivity index (χ1) is 37.6. The lowest BCUT2D eigenvalue weighted by Gasteiger charge is -2.34. The predicted molar refractivity (Wildman–Crippen MR) is 330 cm³/mol. The summed E-state index contributed by atoms with van der Waals surface area (Å²) in [5, 5.41) is 0. The molecule has 0 saturated heterocycles. The maximum atomic E-state index is 12.7. The Hall–Kier alpha value is -3.18. The van der Waals surface area contributed by atoms with Gasteiger partial charge in [-0.25, -0.2) is 0 Å². The van der Waals surface area contributed by atoms with Crippen molar-refractivity contribution in [1.29, 1.82) is 0 Å². The molecule has 0 aromatic heterocycles. The lowest BCUT2D eigenvalue weighted by Crippen LogP contribution is -2.39. The highest BCUT2D eigenvalue weighted by Gasteiger charge is 2.45. The van der Waals surface area contributed by atoms with Crippen molar-refractivity contribution in [2.24, 2.45) is 38.4 Å². The van der Waals surface area contributed by atoms with Gasteiger partial charge in [0.15, 0.2) is 0 Å². The largest absolute Gasteiger partial charge is 0.465 e. The molecular weight excluding hydrogens is 1010 g/mol. The summed E-state index contributed by atoms with van der Waals surface area (Å²) < 4.78 is 32.9. The van der Waals surface area contributed by atoms with E-state index in [1.54, 1.807) is 0 Å². The molecule has 0 fully saturated rings. The van der Waals surface area contributed by atoms with Gasteiger partial charge >= 0.3 is 35.8 Å². The molecule has 0 saturated carbocycles. The van der Waals surface area contributed by atoms with Crippen molar-refractivity contribution in [3.8, 4) is 0 Å². The average Bonchev–Trinajstić information content (AvgIpc) is 3.41. The molecule has 0 amide bonds. The van der Waals surface area contributed by atoms with E-state index in [9.17, 15) is 28.8 Å². The second-order valence-corrected chi connectivity index (χ2v) is 25.9. The Bertz CT molecular complexity index is 1620. The van der Waals surface area contributed by atoms with Crippen LogP contribution in [-0.2, 0) is 57.2 Å². The van der Waals surface area contributed by atoms with Gasteiger partial charge in [0.05, 0.1) is 72.1 Å². The summed E-state index contributed by atoms with van der Waals surface area (Å²) >= 11 is 0. The zero-order chi connectivity index (χ0) is 61.7. The minimum absolute atomic E-state index is 0.200. The molecule has 0 aromatic carbocycles. The molecule has 0 heterocycles. The van der Waals surface area contributed by atoms with Gasteiger partial charge in [-0.05, 0) is 145 Å². The Kier molecular flexibility index (Phi) is 46.8. The normalized spacial score (nSPS) is 14.3. The SMILES string of the molecule is CCCCCCCCCCCCOC(=O)C(C)(C)CC(C)(CC)C(=O)OCCCC.CCCCCCOC(=O)C(C)(C)CC(C)(CC)C(=O)OCCCC.CCCCOC(=O)C(C)(CC)CC(C)(C)C(=O)OCC(CC)CCCC. The van der Waals surface area contributed by atoms with Crippen LogP contribution >= 0.6 is 0 Å². The predicted octanol–water partition coefficient (Wildman–Crippen LogP) is 18.8. The molecule has 474 valence electrons. The number of hydrogen-bond donors (Lipinski definition) is 0. The number of carbonyl (C=O) groups is 6. The monoisotopic (exact) mass is 1140 g/mol. The molecule has 0 aromatic rings. The Morgan fingerprint density at radius 1 is 0.287 bits per heavy atom. The van der Waals surface area contributed by atoms with Gasteiger partial charge in [0.1, 0.15) is 0 Å². The van der Waals surface area contributed by atoms with Crippen LogP contribution in [0, 0.1) is 38.4 Å². The quantitative estimate of drug-likeness (QED) is 0.0323. The Labute approximate surface area is 493 Å². The van der Waals surface area contributed by atoms with E-state index in [1.165, 1.54) is 57.8 Å². The first-order valence-corrected chi connectivity index (χ1v) is 32.7. The molecule has 0 bridgehead atoms. The summed E-state index contributed by atoms with van der Waals surface area (Å²) in [7, 11) is 0. The standard InChI is InChI=1S/C26H50O4.C22H42O4.C20H38O4/c1-7-10-12-13-14-15-16-17-18-19-21-29-23(27)25(4,5)22-26(6,9-3)24(28)30-20-11-8-2;1-8-12-14-18(10-3)16-26-19(23)21(5,6)17-22(7,11-4)20(24)25-15-13-9-2;1-7-10-12-13-15-23-17(21)19(4,5)16-20(6,9-3)18(22)24-14-11-8-2/h7-22H2,1-6H3;18H,8-17H2,1-7H3;7-16H2,1-6H3. The van der Waals surface area contributed by atoms with Crippen LogP contribution in [0.1, 0.15) is 324 Å². The fraction of sp³-hybridized carbons (Fsp3) is 0.912. The molecule has 12 nitrogen and oxygen atoms in total. The van der Waals surface area contributed by atoms with Gasteiger partial charge in [-0.3, -0.25) is 28.8 Å². The van der Waals surface area contributed by atoms with E-state index in [0.717, 1.165) is 96.3 Å². The molecule has 80 heavy (non-hydrogen) atoms. The highest BCUT2D eigenvalue weighted by atomic mass is 16.6. The smallest absolute Gasteiger partial charge is 0.311 e. The van der Waals surface area contributed by atoms with Gasteiger partial charge < -0.3 is 28.4 Å². The second-order valence-electron chi connectivity index (χ2n) is 25.9. The molecule has 4 atom stereocenters. The summed E-state index contributed by atoms with van der Waals surface area (Å²) in [6, 6.07) is 0. The fourth-order valence-corrected chi connectivity index (χ4v) is 9.74. The number of ether oxygens (including phenoxy) is 6. The average molecular weight is 1140 g/mol. The summed E-state index contributed by atoms with van der Waals surface area (Å²) in [4.78, 5) is 75.2. The van der Waals surface area contributed by atoms with E-state index in [2.05, 4.69) is 48.5 Å². The molecule has 12 heteroatoms. The molecule has 0 spiro atoms. The Morgan fingerprint density at radius 2 is 0.525 bits per heavy atom. The van der Waals surface area contributed by atoms with Crippen LogP contribution in [0.5, 0.6) is 0 Å². The molecule has 0 rings (SSSR count). The van der Waals surface area contributed by atoms with Crippen LogP contribution in [0.2, 0.25) is 0 Å². The number of carbonyl (C=O) groups excluding carboxylic acids is 6. The maximum absolute atomic E-state index is 12.7. The van der Waals surface area contributed by atoms with Crippen molar-refractivity contribution in [2.45, 2.75) is 324 Å². The second kappa shape index (κ2) is 46.2. The van der Waals surface area contributed by atoms with Gasteiger partial charge in [-0.2, -0.15) is 0 Å². The molecule has 4 unspecified atom stereocenters. The third-order valence-corrected chi connectivity index (χ3v) is 16.1. The fourth-order valence-electron chi connectivity index (χ4n) is 9.74. The molecule has 0 aliphatic rings. The molecule has 0 radical (unpaired) electrons. The van der Waals surface area contributed by atoms with Crippen molar-refractivity contribution in [3.05, 3.63) is 0 Å². The van der Waals surface area contributed by atoms with Crippen molar-refractivity contribution >= 4 is 35.8 Å². The lowest BCUT2D eigenvalue weighted by molar-refractivity contribution is -0.165. The maximum Gasteiger partial charge on any atom is 0.311 e. The number of unbranched alkanes of at least 4 members (excludes halogenated alkanes) is 16. The summed E-state index contributed by atoms with van der Waals surface area (Å²) in [6.45, 7) is 40.5. The van der Waals surface area contributed by atoms with Crippen LogP contribution in [0.3, 0.4) is 0 Å². The van der Waals surface area contributed by atoms with Crippen molar-refractivity contribution in [1.82, 2.24) is 0 Å².